The summed E-state index contributed by atoms with van der Waals surface area (Å²) in [5, 5.41) is 13.1. The van der Waals surface area contributed by atoms with E-state index >= 15 is 0 Å². The molecule has 0 aliphatic carbocycles. The molecule has 4 atom stereocenters. The van der Waals surface area contributed by atoms with Crippen LogP contribution in [0.25, 0.3) is 22.1 Å². The Kier molecular flexibility index (Phi) is 14.6. The zero-order valence-electron chi connectivity index (χ0n) is 37.7. The van der Waals surface area contributed by atoms with E-state index in [2.05, 4.69) is 61.8 Å². The maximum absolute atomic E-state index is 14.6. The Morgan fingerprint density at radius 3 is 1.95 bits per heavy atom. The van der Waals surface area contributed by atoms with Crippen LogP contribution in [0.4, 0.5) is 0 Å². The normalized spacial score (nSPS) is 20.8. The molecular weight excluding hydrogens is 785 g/mol. The smallest absolute Gasteiger partial charge is 0.310 e. The molecule has 2 fully saturated rings. The maximum atomic E-state index is 14.6. The topological polar surface area (TPSA) is 189 Å². The molecule has 4 aliphatic rings. The van der Waals surface area contributed by atoms with Gasteiger partial charge < -0.3 is 36.0 Å². The fourth-order valence-corrected chi connectivity index (χ4v) is 9.86. The van der Waals surface area contributed by atoms with Crippen molar-refractivity contribution in [1.82, 2.24) is 51.0 Å². The lowest BCUT2D eigenvalue weighted by Crippen LogP contribution is -2.46. The summed E-state index contributed by atoms with van der Waals surface area (Å²) in [6.45, 7) is 21.9. The van der Waals surface area contributed by atoms with Gasteiger partial charge in [0.15, 0.2) is 5.78 Å². The van der Waals surface area contributed by atoms with E-state index in [1.165, 1.54) is 7.11 Å². The number of carbonyl (C=O) groups excluding carboxylic acids is 4. The lowest BCUT2D eigenvalue weighted by atomic mass is 9.85. The lowest BCUT2D eigenvalue weighted by Gasteiger charge is -2.27. The Bertz CT molecular complexity index is 2320. The number of amides is 2. The Hall–Kier alpha value is -4.96. The summed E-state index contributed by atoms with van der Waals surface area (Å²) in [6.07, 6.45) is 1.39. The van der Waals surface area contributed by atoms with Crippen molar-refractivity contribution in [3.63, 3.8) is 0 Å². The molecule has 7 rings (SSSR count). The van der Waals surface area contributed by atoms with E-state index < -0.39 is 5.97 Å². The highest BCUT2D eigenvalue weighted by atomic mass is 16.5. The SMILES string of the molecule is CC[C@H]1c2cc3[nH]c(c(CC(=O)OC)c4nc(cc5[nH]c(cc(n2)[C@@H]1C)c(C(C)=O)c5C)[C@@H](C)[C@@H]4CCC(=O)NCCN1CCNCC1)c(C(=O)NCCN1CCNCC1)c3C. The van der Waals surface area contributed by atoms with Crippen LogP contribution in [0.1, 0.15) is 131 Å². The highest BCUT2D eigenvalue weighted by molar-refractivity contribution is 6.06. The van der Waals surface area contributed by atoms with Gasteiger partial charge in [-0.1, -0.05) is 20.8 Å². The molecule has 0 radical (unpaired) electrons. The van der Waals surface area contributed by atoms with Gasteiger partial charge in [-0.25, -0.2) is 0 Å². The van der Waals surface area contributed by atoms with Crippen molar-refractivity contribution >= 4 is 45.6 Å². The lowest BCUT2D eigenvalue weighted by molar-refractivity contribution is -0.139. The summed E-state index contributed by atoms with van der Waals surface area (Å²) in [5.41, 5.74) is 8.98. The third kappa shape index (κ3) is 9.80. The molecule has 2 amide bonds. The molecule has 2 saturated heterocycles. The molecule has 0 unspecified atom stereocenters. The highest BCUT2D eigenvalue weighted by Gasteiger charge is 2.34. The Morgan fingerprint density at radius 1 is 0.758 bits per heavy atom. The first-order valence-corrected chi connectivity index (χ1v) is 22.6. The summed E-state index contributed by atoms with van der Waals surface area (Å²) in [4.78, 5) is 77.2. The fourth-order valence-electron chi connectivity index (χ4n) is 9.86. The van der Waals surface area contributed by atoms with Gasteiger partial charge in [-0.2, -0.15) is 0 Å². The number of aromatic amines is 2. The number of aromatic nitrogens is 4. The van der Waals surface area contributed by atoms with Crippen molar-refractivity contribution in [3.05, 3.63) is 68.8 Å². The van der Waals surface area contributed by atoms with Gasteiger partial charge in [-0.15, -0.1) is 0 Å². The van der Waals surface area contributed by atoms with Crippen LogP contribution in [0.2, 0.25) is 0 Å². The molecule has 15 nitrogen and oxygen atoms in total. The standard InChI is InChI=1S/C47H66N10O5/c1-8-32-27(2)35-26-40-43(31(6)58)29(4)37(53-40)24-36-28(3)33(9-10-41(59)50-15-21-56-17-11-48-12-18-56)45(54-36)34(23-42(60)62-7)46-44(30(5)38(55-46)25-39(32)52-35)47(61)51-16-22-57-19-13-49-14-20-57/h24-28,32-33,48-49,53,55H,8-23H2,1-7H3,(H,50,59)(H,51,61)/t27-,28+,32-,33+/m1/s1. The molecular formula is C47H66N10O5. The van der Waals surface area contributed by atoms with Gasteiger partial charge in [-0.3, -0.25) is 38.9 Å². The number of ketones is 1. The minimum absolute atomic E-state index is 0.0475. The van der Waals surface area contributed by atoms with E-state index in [0.717, 1.165) is 111 Å². The predicted octanol–water partition coefficient (Wildman–Crippen LogP) is 4.47. The van der Waals surface area contributed by atoms with Crippen molar-refractivity contribution in [3.8, 4) is 0 Å². The van der Waals surface area contributed by atoms with Gasteiger partial charge in [-0.05, 0) is 62.9 Å². The summed E-state index contributed by atoms with van der Waals surface area (Å²) in [6, 6.07) is 6.04. The van der Waals surface area contributed by atoms with Crippen LogP contribution in [0.5, 0.6) is 0 Å². The van der Waals surface area contributed by atoms with Crippen molar-refractivity contribution in [2.24, 2.45) is 0 Å². The van der Waals surface area contributed by atoms with Crippen LogP contribution < -0.4 is 21.3 Å². The number of esters is 1. The zero-order valence-corrected chi connectivity index (χ0v) is 37.7. The number of aryl methyl sites for hydroxylation is 2. The number of nitrogens with zero attached hydrogens (tertiary/aromatic N) is 4. The summed E-state index contributed by atoms with van der Waals surface area (Å²) < 4.78 is 5.32. The molecule has 7 heterocycles. The molecule has 334 valence electrons. The van der Waals surface area contributed by atoms with Crippen LogP contribution in [-0.2, 0) is 20.7 Å². The number of carbonyl (C=O) groups is 4. The molecule has 62 heavy (non-hydrogen) atoms. The number of hydrogen-bond donors (Lipinski definition) is 6. The number of rotatable bonds is 14. The number of H-pyrrole nitrogens is 2. The number of piperazine rings is 2. The molecule has 8 bridgehead atoms. The van der Waals surface area contributed by atoms with E-state index in [1.54, 1.807) is 6.92 Å². The van der Waals surface area contributed by atoms with Crippen LogP contribution in [0, 0.1) is 13.8 Å². The van der Waals surface area contributed by atoms with E-state index in [4.69, 9.17) is 14.7 Å². The van der Waals surface area contributed by atoms with E-state index in [9.17, 15) is 19.2 Å². The highest BCUT2D eigenvalue weighted by Crippen LogP contribution is 2.43. The zero-order chi connectivity index (χ0) is 44.1. The first kappa shape index (κ1) is 45.1. The van der Waals surface area contributed by atoms with Crippen molar-refractivity contribution in [1.29, 1.82) is 0 Å². The van der Waals surface area contributed by atoms with Gasteiger partial charge in [0.1, 0.15) is 0 Å². The molecule has 6 N–H and O–H groups in total. The Morgan fingerprint density at radius 2 is 1.32 bits per heavy atom. The second kappa shape index (κ2) is 20.0. The monoisotopic (exact) mass is 851 g/mol. The molecule has 3 aromatic heterocycles. The minimum Gasteiger partial charge on any atom is -0.469 e. The van der Waals surface area contributed by atoms with Gasteiger partial charge in [0.25, 0.3) is 5.91 Å². The quantitative estimate of drug-likeness (QED) is 0.0993. The average molecular weight is 851 g/mol. The van der Waals surface area contributed by atoms with Crippen molar-refractivity contribution < 1.29 is 23.9 Å². The van der Waals surface area contributed by atoms with Crippen LogP contribution in [0.15, 0.2) is 18.2 Å². The van der Waals surface area contributed by atoms with Crippen LogP contribution in [0.3, 0.4) is 0 Å². The summed E-state index contributed by atoms with van der Waals surface area (Å²) in [5.74, 6) is -1.13. The maximum Gasteiger partial charge on any atom is 0.310 e. The summed E-state index contributed by atoms with van der Waals surface area (Å²) >= 11 is 0. The third-order valence-electron chi connectivity index (χ3n) is 13.6. The molecule has 15 heteroatoms. The minimum atomic E-state index is -0.472. The first-order chi connectivity index (χ1) is 29.9. The van der Waals surface area contributed by atoms with E-state index in [0.29, 0.717) is 52.9 Å². The Labute approximate surface area is 365 Å². The number of fused-ring (bicyclic) bond motifs is 8. The van der Waals surface area contributed by atoms with Gasteiger partial charge >= 0.3 is 5.97 Å². The van der Waals surface area contributed by atoms with Crippen molar-refractivity contribution in [2.75, 3.05) is 85.6 Å². The molecule has 0 aromatic carbocycles. The number of hydrogen-bond acceptors (Lipinski definition) is 11. The van der Waals surface area contributed by atoms with Gasteiger partial charge in [0, 0.05) is 148 Å². The van der Waals surface area contributed by atoms with Crippen molar-refractivity contribution in [2.45, 2.75) is 90.9 Å². The van der Waals surface area contributed by atoms with Gasteiger partial charge in [0.2, 0.25) is 5.91 Å². The average Bonchev–Trinajstić information content (AvgIpc) is 3.95. The molecule has 0 saturated carbocycles. The molecule has 0 spiro atoms. The predicted molar refractivity (Wildman–Crippen MR) is 242 cm³/mol. The number of Topliss-reactive ketones (excluding diaryl/α,β-unsaturated/α-hetero) is 1. The second-order valence-corrected chi connectivity index (χ2v) is 17.5. The number of nitrogens with one attached hydrogen (secondary N) is 6. The first-order valence-electron chi connectivity index (χ1n) is 22.6. The summed E-state index contributed by atoms with van der Waals surface area (Å²) in [7, 11) is 1.36. The number of methoxy groups -OCH3 is 1. The van der Waals surface area contributed by atoms with E-state index in [1.807, 2.05) is 32.0 Å². The van der Waals surface area contributed by atoms with Crippen LogP contribution >= 0.6 is 0 Å². The third-order valence-corrected chi connectivity index (χ3v) is 13.6. The second-order valence-electron chi connectivity index (χ2n) is 17.5. The Balaban J connectivity index is 1.41. The largest absolute Gasteiger partial charge is 0.469 e. The number of ether oxygens (including phenoxy) is 1. The molecule has 3 aromatic rings. The fraction of sp³-hybridized carbons (Fsp3) is 0.574. The molecule has 4 aliphatic heterocycles. The van der Waals surface area contributed by atoms with E-state index in [-0.39, 0.29) is 54.1 Å². The van der Waals surface area contributed by atoms with Crippen LogP contribution in [-0.4, -0.2) is 139 Å². The van der Waals surface area contributed by atoms with Gasteiger partial charge in [0.05, 0.1) is 35.8 Å².